The summed E-state index contributed by atoms with van der Waals surface area (Å²) in [5.41, 5.74) is 1.27. The number of hydrogen-bond donors (Lipinski definition) is 1. The molecule has 0 radical (unpaired) electrons. The molecule has 2 aliphatic rings. The van der Waals surface area contributed by atoms with Crippen LogP contribution in [0.5, 0.6) is 0 Å². The summed E-state index contributed by atoms with van der Waals surface area (Å²) in [7, 11) is 0. The number of rotatable bonds is 5. The molecule has 0 aromatic carbocycles. The quantitative estimate of drug-likeness (QED) is 0.543. The van der Waals surface area contributed by atoms with E-state index in [2.05, 4.69) is 34.6 Å². The van der Waals surface area contributed by atoms with Crippen molar-refractivity contribution in [1.29, 1.82) is 0 Å². The Hall–Kier alpha value is -0.830. The highest BCUT2D eigenvalue weighted by Crippen LogP contribution is 2.62. The van der Waals surface area contributed by atoms with Crippen LogP contribution < -0.4 is 0 Å². The molecule has 2 saturated carbocycles. The van der Waals surface area contributed by atoms with E-state index in [9.17, 15) is 9.90 Å². The number of esters is 1. The van der Waals surface area contributed by atoms with Crippen LogP contribution in [0.25, 0.3) is 0 Å². The van der Waals surface area contributed by atoms with Gasteiger partial charge in [0.1, 0.15) is 6.61 Å². The van der Waals surface area contributed by atoms with Gasteiger partial charge in [0.05, 0.1) is 5.60 Å². The number of aliphatic hydroxyl groups is 1. The topological polar surface area (TPSA) is 46.5 Å². The van der Waals surface area contributed by atoms with E-state index < -0.39 is 5.60 Å². The molecule has 25 heavy (non-hydrogen) atoms. The fourth-order valence-corrected chi connectivity index (χ4v) is 6.04. The van der Waals surface area contributed by atoms with Crippen molar-refractivity contribution in [1.82, 2.24) is 0 Å². The van der Waals surface area contributed by atoms with Crippen molar-refractivity contribution in [3.63, 3.8) is 0 Å². The van der Waals surface area contributed by atoms with Crippen molar-refractivity contribution in [2.24, 2.45) is 22.7 Å². The molecule has 2 aliphatic carbocycles. The maximum absolute atomic E-state index is 11.2. The zero-order valence-electron chi connectivity index (χ0n) is 17.2. The van der Waals surface area contributed by atoms with Crippen LogP contribution in [-0.4, -0.2) is 23.3 Å². The van der Waals surface area contributed by atoms with Gasteiger partial charge >= 0.3 is 5.97 Å². The zero-order chi connectivity index (χ0) is 18.9. The third kappa shape index (κ3) is 4.48. The molecule has 0 aromatic rings. The van der Waals surface area contributed by atoms with Crippen LogP contribution in [0.2, 0.25) is 0 Å². The summed E-state index contributed by atoms with van der Waals surface area (Å²) < 4.78 is 5.01. The lowest BCUT2D eigenvalue weighted by molar-refractivity contribution is -0.168. The van der Waals surface area contributed by atoms with E-state index in [0.29, 0.717) is 23.9 Å². The molecule has 0 spiro atoms. The van der Waals surface area contributed by atoms with E-state index in [-0.39, 0.29) is 11.4 Å². The third-order valence-corrected chi connectivity index (χ3v) is 7.31. The molecule has 144 valence electrons. The van der Waals surface area contributed by atoms with Crippen LogP contribution in [0.4, 0.5) is 0 Å². The summed E-state index contributed by atoms with van der Waals surface area (Å²) in [6, 6.07) is 0. The van der Waals surface area contributed by atoms with Crippen LogP contribution in [0.1, 0.15) is 86.5 Å². The SMILES string of the molecule is CC(=O)OC/C=C(/C)CCC1[C@@]2(C)CCCC(C)(C)C2CC[C@@]1(C)O. The van der Waals surface area contributed by atoms with Gasteiger partial charge < -0.3 is 9.84 Å². The molecular formula is C22H38O3. The van der Waals surface area contributed by atoms with Crippen molar-refractivity contribution in [3.8, 4) is 0 Å². The molecule has 0 aliphatic heterocycles. The second-order valence-corrected chi connectivity index (χ2v) is 9.74. The van der Waals surface area contributed by atoms with Gasteiger partial charge in [-0.15, -0.1) is 0 Å². The molecule has 3 nitrogen and oxygen atoms in total. The summed E-state index contributed by atoms with van der Waals surface area (Å²) in [5.74, 6) is 0.791. The van der Waals surface area contributed by atoms with Crippen LogP contribution in [0.15, 0.2) is 11.6 Å². The highest BCUT2D eigenvalue weighted by Gasteiger charge is 2.57. The lowest BCUT2D eigenvalue weighted by Crippen LogP contribution is -2.57. The number of ether oxygens (including phenoxy) is 1. The Kier molecular flexibility index (Phi) is 6.08. The van der Waals surface area contributed by atoms with Gasteiger partial charge in [0.25, 0.3) is 0 Å². The Morgan fingerprint density at radius 3 is 2.48 bits per heavy atom. The van der Waals surface area contributed by atoms with Gasteiger partial charge in [-0.1, -0.05) is 32.8 Å². The van der Waals surface area contributed by atoms with Crippen molar-refractivity contribution >= 4 is 5.97 Å². The fourth-order valence-electron chi connectivity index (χ4n) is 6.04. The molecule has 4 atom stereocenters. The van der Waals surface area contributed by atoms with Gasteiger partial charge in [-0.25, -0.2) is 0 Å². The Balaban J connectivity index is 2.11. The first-order chi connectivity index (χ1) is 11.5. The molecule has 2 fully saturated rings. The Labute approximate surface area is 154 Å². The van der Waals surface area contributed by atoms with Crippen LogP contribution in [-0.2, 0) is 9.53 Å². The second kappa shape index (κ2) is 7.42. The summed E-state index contributed by atoms with van der Waals surface area (Å²) in [6.45, 7) is 13.2. The molecule has 0 bridgehead atoms. The number of carbonyl (C=O) groups is 1. The Morgan fingerprint density at radius 1 is 1.16 bits per heavy atom. The minimum atomic E-state index is -0.575. The van der Waals surface area contributed by atoms with Crippen LogP contribution in [0.3, 0.4) is 0 Å². The minimum absolute atomic E-state index is 0.222. The van der Waals surface area contributed by atoms with Crippen LogP contribution >= 0.6 is 0 Å². The molecule has 3 heteroatoms. The van der Waals surface area contributed by atoms with Crippen molar-refractivity contribution in [2.75, 3.05) is 6.61 Å². The third-order valence-electron chi connectivity index (χ3n) is 7.31. The Bertz CT molecular complexity index is 517. The van der Waals surface area contributed by atoms with Crippen molar-refractivity contribution in [2.45, 2.75) is 92.1 Å². The van der Waals surface area contributed by atoms with E-state index in [0.717, 1.165) is 25.7 Å². The molecule has 1 N–H and O–H groups in total. The average Bonchev–Trinajstić information content (AvgIpc) is 2.44. The molecule has 0 aromatic heterocycles. The normalized spacial score (nSPS) is 38.1. The standard InChI is InChI=1S/C22H38O3/c1-16(11-15-25-17(2)23)8-9-19-21(5)13-7-12-20(3,4)18(21)10-14-22(19,6)24/h11,18-19,24H,7-10,12-15H2,1-6H3/b16-11-/t18?,19?,21-,22+/m0/s1. The fraction of sp³-hybridized carbons (Fsp3) is 0.864. The predicted octanol–water partition coefficient (Wildman–Crippen LogP) is 5.27. The first-order valence-electron chi connectivity index (χ1n) is 10.0. The molecular weight excluding hydrogens is 312 g/mol. The molecule has 0 saturated heterocycles. The van der Waals surface area contributed by atoms with Gasteiger partial charge in [0.15, 0.2) is 0 Å². The summed E-state index contributed by atoms with van der Waals surface area (Å²) in [5, 5.41) is 11.2. The predicted molar refractivity (Wildman–Crippen MR) is 102 cm³/mol. The molecule has 0 amide bonds. The van der Waals surface area contributed by atoms with Gasteiger partial charge in [0.2, 0.25) is 0 Å². The summed E-state index contributed by atoms with van der Waals surface area (Å²) in [4.78, 5) is 10.9. The Morgan fingerprint density at radius 2 is 1.84 bits per heavy atom. The number of carbonyl (C=O) groups excluding carboxylic acids is 1. The first-order valence-corrected chi connectivity index (χ1v) is 10.0. The van der Waals surface area contributed by atoms with E-state index in [4.69, 9.17) is 4.74 Å². The van der Waals surface area contributed by atoms with E-state index in [1.807, 2.05) is 6.08 Å². The zero-order valence-corrected chi connectivity index (χ0v) is 17.2. The van der Waals surface area contributed by atoms with Gasteiger partial charge in [-0.2, -0.15) is 0 Å². The highest BCUT2D eigenvalue weighted by atomic mass is 16.5. The van der Waals surface area contributed by atoms with Crippen LogP contribution in [0, 0.1) is 22.7 Å². The highest BCUT2D eigenvalue weighted by molar-refractivity contribution is 5.66. The lowest BCUT2D eigenvalue weighted by Gasteiger charge is -2.61. The van der Waals surface area contributed by atoms with E-state index in [1.165, 1.54) is 31.8 Å². The van der Waals surface area contributed by atoms with Crippen molar-refractivity contribution in [3.05, 3.63) is 11.6 Å². The smallest absolute Gasteiger partial charge is 0.302 e. The van der Waals surface area contributed by atoms with Gasteiger partial charge in [-0.3, -0.25) is 4.79 Å². The average molecular weight is 351 g/mol. The monoisotopic (exact) mass is 350 g/mol. The first kappa shape index (κ1) is 20.5. The minimum Gasteiger partial charge on any atom is -0.462 e. The number of allylic oxidation sites excluding steroid dienone is 1. The number of fused-ring (bicyclic) bond motifs is 1. The molecule has 2 unspecified atom stereocenters. The maximum atomic E-state index is 11.2. The largest absolute Gasteiger partial charge is 0.462 e. The number of hydrogen-bond acceptors (Lipinski definition) is 3. The lowest BCUT2D eigenvalue weighted by atomic mass is 9.45. The maximum Gasteiger partial charge on any atom is 0.302 e. The van der Waals surface area contributed by atoms with Gasteiger partial charge in [0, 0.05) is 6.92 Å². The van der Waals surface area contributed by atoms with Gasteiger partial charge in [-0.05, 0) is 81.1 Å². The van der Waals surface area contributed by atoms with Crippen molar-refractivity contribution < 1.29 is 14.6 Å². The second-order valence-electron chi connectivity index (χ2n) is 9.74. The summed E-state index contributed by atoms with van der Waals surface area (Å²) >= 11 is 0. The van der Waals surface area contributed by atoms with E-state index in [1.54, 1.807) is 0 Å². The molecule has 2 rings (SSSR count). The summed E-state index contributed by atoms with van der Waals surface area (Å²) in [6.07, 6.45) is 9.86. The molecule has 0 heterocycles. The van der Waals surface area contributed by atoms with E-state index >= 15 is 0 Å².